The van der Waals surface area contributed by atoms with Gasteiger partial charge in [-0.1, -0.05) is 25.1 Å². The van der Waals surface area contributed by atoms with Crippen molar-refractivity contribution in [3.8, 4) is 17.3 Å². The van der Waals surface area contributed by atoms with Crippen LogP contribution in [0.1, 0.15) is 19.0 Å². The van der Waals surface area contributed by atoms with Gasteiger partial charge in [0, 0.05) is 37.2 Å². The number of hydrogen-bond donors (Lipinski definition) is 4. The molecule has 2 fully saturated rings. The molecule has 12 heteroatoms. The van der Waals surface area contributed by atoms with E-state index in [0.717, 1.165) is 40.8 Å². The van der Waals surface area contributed by atoms with Crippen molar-refractivity contribution in [1.29, 1.82) is 5.26 Å². The highest BCUT2D eigenvalue weighted by atomic mass is 32.2. The van der Waals surface area contributed by atoms with Crippen molar-refractivity contribution in [3.05, 3.63) is 59.1 Å². The maximum absolute atomic E-state index is 13.1. The van der Waals surface area contributed by atoms with Crippen molar-refractivity contribution in [2.75, 3.05) is 31.2 Å². The Morgan fingerprint density at radius 2 is 1.78 bits per heavy atom. The first-order chi connectivity index (χ1) is 19.6. The van der Waals surface area contributed by atoms with Gasteiger partial charge >= 0.3 is 0 Å². The van der Waals surface area contributed by atoms with Crippen molar-refractivity contribution < 1.29 is 33.2 Å². The van der Waals surface area contributed by atoms with Crippen LogP contribution in [-0.4, -0.2) is 85.3 Å². The molecule has 2 aliphatic rings. The number of rotatable bonds is 7. The number of anilines is 1. The molecule has 4 N–H and O–H groups in total. The van der Waals surface area contributed by atoms with E-state index in [1.165, 1.54) is 6.08 Å². The van der Waals surface area contributed by atoms with Crippen LogP contribution in [0.5, 0.6) is 0 Å². The Hall–Kier alpha value is -3.28. The molecule has 5 rings (SSSR count). The van der Waals surface area contributed by atoms with Gasteiger partial charge in [0.1, 0.15) is 24.3 Å². The van der Waals surface area contributed by atoms with Crippen LogP contribution in [0.4, 0.5) is 5.69 Å². The van der Waals surface area contributed by atoms with E-state index >= 15 is 0 Å². The lowest BCUT2D eigenvalue weighted by Gasteiger charge is -2.40. The predicted molar refractivity (Wildman–Crippen MR) is 154 cm³/mol. The zero-order chi connectivity index (χ0) is 29.3. The molecule has 11 nitrogen and oxygen atoms in total. The average Bonchev–Trinajstić information content (AvgIpc) is 3.35. The standard InChI is InChI=1S/C29H34N4O7S/c1-3-25-27(34)28(35)26(29(36)40-25)31-41(37,38)23(17-30)16-21-8-9-24(32(21)2)20-5-4-19-15-22(7-6-18(19)14-20)33-10-12-39-13-11-33/h4-9,14-16,25-29,31,34-36H,3,10-13H2,1-2H3/b23-16+/t25-,26-,27-,28-,29?/m1/s1. The fourth-order valence-electron chi connectivity index (χ4n) is 5.33. The van der Waals surface area contributed by atoms with Gasteiger partial charge in [0.15, 0.2) is 11.2 Å². The zero-order valence-corrected chi connectivity index (χ0v) is 23.7. The summed E-state index contributed by atoms with van der Waals surface area (Å²) in [6.45, 7) is 4.84. The normalized spacial score (nSPS) is 25.8. The summed E-state index contributed by atoms with van der Waals surface area (Å²) in [5, 5.41) is 42.8. The largest absolute Gasteiger partial charge is 0.388 e. The molecular weight excluding hydrogens is 548 g/mol. The molecular formula is C29H34N4O7S. The van der Waals surface area contributed by atoms with Crippen LogP contribution in [0.15, 0.2) is 53.4 Å². The first kappa shape index (κ1) is 29.2. The van der Waals surface area contributed by atoms with Gasteiger partial charge in [0.25, 0.3) is 10.0 Å². The number of benzene rings is 2. The summed E-state index contributed by atoms with van der Waals surface area (Å²) in [4.78, 5) is 1.68. The second-order valence-corrected chi connectivity index (χ2v) is 12.0. The molecule has 3 aromatic rings. The lowest BCUT2D eigenvalue weighted by Crippen LogP contribution is -2.63. The van der Waals surface area contributed by atoms with E-state index in [2.05, 4.69) is 33.9 Å². The van der Waals surface area contributed by atoms with Crippen LogP contribution in [0, 0.1) is 11.3 Å². The summed E-state index contributed by atoms with van der Waals surface area (Å²) >= 11 is 0. The van der Waals surface area contributed by atoms with E-state index in [1.807, 2.05) is 18.2 Å². The van der Waals surface area contributed by atoms with Crippen LogP contribution in [0.25, 0.3) is 28.1 Å². The molecule has 218 valence electrons. The van der Waals surface area contributed by atoms with Crippen LogP contribution < -0.4 is 9.62 Å². The molecule has 2 aromatic carbocycles. The van der Waals surface area contributed by atoms with Crippen molar-refractivity contribution in [2.45, 2.75) is 44.0 Å². The van der Waals surface area contributed by atoms with E-state index < -0.39 is 45.6 Å². The Bertz CT molecular complexity index is 1590. The van der Waals surface area contributed by atoms with E-state index in [-0.39, 0.29) is 0 Å². The molecule has 0 bridgehead atoms. The minimum absolute atomic E-state index is 0.306. The molecule has 5 atom stereocenters. The van der Waals surface area contributed by atoms with E-state index in [4.69, 9.17) is 9.47 Å². The number of nitrogens with zero attached hydrogens (tertiary/aromatic N) is 3. The molecule has 1 aromatic heterocycles. The molecule has 0 spiro atoms. The van der Waals surface area contributed by atoms with E-state index in [0.29, 0.717) is 25.3 Å². The van der Waals surface area contributed by atoms with Gasteiger partial charge < -0.3 is 34.3 Å². The summed E-state index contributed by atoms with van der Waals surface area (Å²) in [6, 6.07) is 16.1. The zero-order valence-electron chi connectivity index (χ0n) is 22.8. The third-order valence-corrected chi connectivity index (χ3v) is 9.12. The van der Waals surface area contributed by atoms with E-state index in [9.17, 15) is 29.0 Å². The van der Waals surface area contributed by atoms with Gasteiger partial charge in [0.05, 0.1) is 19.3 Å². The van der Waals surface area contributed by atoms with Crippen molar-refractivity contribution in [2.24, 2.45) is 7.05 Å². The minimum atomic E-state index is -4.48. The Balaban J connectivity index is 1.38. The Morgan fingerprint density at radius 1 is 1.07 bits per heavy atom. The SMILES string of the molecule is CC[C@H]1OC(O)[C@H](NS(=O)(=O)/C(C#N)=C/c2ccc(-c3ccc4cc(N5CCOCC5)ccc4c3)n2C)[C@@H](O)[C@@H]1O. The number of aliphatic hydroxyl groups is 3. The first-order valence-electron chi connectivity index (χ1n) is 13.5. The Labute approximate surface area is 238 Å². The van der Waals surface area contributed by atoms with Gasteiger partial charge in [-0.05, 0) is 59.2 Å². The third kappa shape index (κ3) is 5.89. The molecule has 0 amide bonds. The molecule has 41 heavy (non-hydrogen) atoms. The highest BCUT2D eigenvalue weighted by Crippen LogP contribution is 2.30. The monoisotopic (exact) mass is 582 g/mol. The van der Waals surface area contributed by atoms with Crippen LogP contribution in [0.2, 0.25) is 0 Å². The number of nitriles is 1. The number of fused-ring (bicyclic) bond motifs is 1. The average molecular weight is 583 g/mol. The van der Waals surface area contributed by atoms with Crippen molar-refractivity contribution in [3.63, 3.8) is 0 Å². The highest BCUT2D eigenvalue weighted by Gasteiger charge is 2.45. The topological polar surface area (TPSA) is 157 Å². The molecule has 1 unspecified atom stereocenters. The second kappa shape index (κ2) is 11.9. The smallest absolute Gasteiger partial charge is 0.251 e. The molecule has 2 aliphatic heterocycles. The highest BCUT2D eigenvalue weighted by molar-refractivity contribution is 7.93. The summed E-state index contributed by atoms with van der Waals surface area (Å²) in [5.41, 5.74) is 3.34. The molecule has 2 saturated heterocycles. The molecule has 0 saturated carbocycles. The number of sulfonamides is 1. The molecule has 0 aliphatic carbocycles. The van der Waals surface area contributed by atoms with E-state index in [1.54, 1.807) is 30.7 Å². The Morgan fingerprint density at radius 3 is 2.49 bits per heavy atom. The number of aromatic nitrogens is 1. The van der Waals surface area contributed by atoms with Crippen LogP contribution in [-0.2, 0) is 26.5 Å². The number of aliphatic hydroxyl groups excluding tert-OH is 3. The first-order valence-corrected chi connectivity index (χ1v) is 15.0. The maximum Gasteiger partial charge on any atom is 0.251 e. The third-order valence-electron chi connectivity index (χ3n) is 7.75. The summed E-state index contributed by atoms with van der Waals surface area (Å²) in [6.07, 6.45) is -4.06. The van der Waals surface area contributed by atoms with Crippen LogP contribution >= 0.6 is 0 Å². The summed E-state index contributed by atoms with van der Waals surface area (Å²) < 4.78 is 40.8. The quantitative estimate of drug-likeness (QED) is 0.304. The van der Waals surface area contributed by atoms with Crippen LogP contribution in [0.3, 0.4) is 0 Å². The Kier molecular flexibility index (Phi) is 8.49. The maximum atomic E-state index is 13.1. The van der Waals surface area contributed by atoms with Gasteiger partial charge in [-0.3, -0.25) is 0 Å². The number of morpholine rings is 1. The summed E-state index contributed by atoms with van der Waals surface area (Å²) in [5.74, 6) is 0. The number of allylic oxidation sites excluding steroid dienone is 1. The van der Waals surface area contributed by atoms with Gasteiger partial charge in [0.2, 0.25) is 0 Å². The minimum Gasteiger partial charge on any atom is -0.388 e. The van der Waals surface area contributed by atoms with Gasteiger partial charge in [-0.25, -0.2) is 8.42 Å². The van der Waals surface area contributed by atoms with Crippen molar-refractivity contribution >= 4 is 32.6 Å². The van der Waals surface area contributed by atoms with Gasteiger partial charge in [-0.2, -0.15) is 9.98 Å². The van der Waals surface area contributed by atoms with Crippen molar-refractivity contribution in [1.82, 2.24) is 9.29 Å². The predicted octanol–water partition coefficient (Wildman–Crippen LogP) is 1.68. The lowest BCUT2D eigenvalue weighted by atomic mass is 9.96. The number of ether oxygens (including phenoxy) is 2. The summed E-state index contributed by atoms with van der Waals surface area (Å²) in [7, 11) is -2.71. The lowest BCUT2D eigenvalue weighted by molar-refractivity contribution is -0.244. The fraction of sp³-hybridized carbons (Fsp3) is 0.414. The molecule has 3 heterocycles. The fourth-order valence-corrected chi connectivity index (χ4v) is 6.47. The number of hydrogen-bond acceptors (Lipinski definition) is 9. The number of nitrogens with one attached hydrogen (secondary N) is 1. The molecule has 0 radical (unpaired) electrons. The second-order valence-electron chi connectivity index (χ2n) is 10.3. The van der Waals surface area contributed by atoms with Gasteiger partial charge in [-0.15, -0.1) is 0 Å².